The van der Waals surface area contributed by atoms with Gasteiger partial charge in [0, 0.05) is 19.1 Å². The van der Waals surface area contributed by atoms with Crippen LogP contribution in [-0.2, 0) is 19.1 Å². The van der Waals surface area contributed by atoms with Crippen LogP contribution in [0, 0.1) is 0 Å². The summed E-state index contributed by atoms with van der Waals surface area (Å²) >= 11 is 0. The molecule has 1 aromatic carbocycles. The van der Waals surface area contributed by atoms with Crippen molar-refractivity contribution in [3.05, 3.63) is 23.8 Å². The van der Waals surface area contributed by atoms with Crippen LogP contribution >= 0.6 is 0 Å². The highest BCUT2D eigenvalue weighted by molar-refractivity contribution is 6.35. The van der Waals surface area contributed by atoms with E-state index in [4.69, 9.17) is 14.2 Å². The smallest absolute Gasteiger partial charge is 0.329 e. The number of hydrogen-bond acceptors (Lipinski definition) is 7. The number of carbonyl (C=O) groups excluding carboxylic acids is 3. The van der Waals surface area contributed by atoms with Crippen molar-refractivity contribution in [2.24, 2.45) is 5.10 Å². The van der Waals surface area contributed by atoms with E-state index in [9.17, 15) is 14.4 Å². The largest absolute Gasteiger partial charge is 0.493 e. The molecular formula is C20H28N4O6. The van der Waals surface area contributed by atoms with Crippen LogP contribution in [0.5, 0.6) is 11.5 Å². The summed E-state index contributed by atoms with van der Waals surface area (Å²) in [5.74, 6) is -0.889. The van der Waals surface area contributed by atoms with Gasteiger partial charge >= 0.3 is 11.8 Å². The molecule has 1 atom stereocenters. The molecule has 2 N–H and O–H groups in total. The molecule has 1 aliphatic heterocycles. The van der Waals surface area contributed by atoms with Crippen LogP contribution in [0.4, 0.5) is 0 Å². The number of hydrogen-bond donors (Lipinski definition) is 2. The number of methoxy groups -OCH3 is 1. The molecule has 0 aliphatic carbocycles. The maximum atomic E-state index is 12.2. The number of morpholine rings is 1. The van der Waals surface area contributed by atoms with E-state index in [1.54, 1.807) is 30.0 Å². The van der Waals surface area contributed by atoms with Gasteiger partial charge in [0.2, 0.25) is 0 Å². The zero-order chi connectivity index (χ0) is 21.9. The van der Waals surface area contributed by atoms with Gasteiger partial charge in [0.1, 0.15) is 0 Å². The van der Waals surface area contributed by atoms with Crippen molar-refractivity contribution in [1.82, 2.24) is 15.6 Å². The molecule has 0 radical (unpaired) electrons. The van der Waals surface area contributed by atoms with Crippen LogP contribution in [0.25, 0.3) is 0 Å². The fourth-order valence-corrected chi connectivity index (χ4v) is 2.53. The molecule has 1 fully saturated rings. The van der Waals surface area contributed by atoms with Gasteiger partial charge in [0.05, 0.1) is 26.5 Å². The van der Waals surface area contributed by atoms with E-state index < -0.39 is 11.8 Å². The van der Waals surface area contributed by atoms with Crippen molar-refractivity contribution >= 4 is 23.9 Å². The molecular weight excluding hydrogens is 392 g/mol. The van der Waals surface area contributed by atoms with Crippen LogP contribution in [0.3, 0.4) is 0 Å². The monoisotopic (exact) mass is 420 g/mol. The zero-order valence-corrected chi connectivity index (χ0v) is 17.5. The Morgan fingerprint density at radius 3 is 2.63 bits per heavy atom. The van der Waals surface area contributed by atoms with E-state index in [1.165, 1.54) is 13.3 Å². The number of nitrogens with zero attached hydrogens (tertiary/aromatic N) is 2. The molecule has 10 nitrogen and oxygen atoms in total. The third-order valence-electron chi connectivity index (χ3n) is 4.48. The minimum Gasteiger partial charge on any atom is -0.493 e. The Hall–Kier alpha value is -3.14. The lowest BCUT2D eigenvalue weighted by molar-refractivity contribution is -0.139. The maximum Gasteiger partial charge on any atom is 0.329 e. The lowest BCUT2D eigenvalue weighted by atomic mass is 10.2. The standard InChI is InChI=1S/C20H28N4O6/c1-4-14(2)22-19(26)20(27)23-21-12-15-5-6-16(17(11-15)28-3)30-13-18(25)24-7-9-29-10-8-24/h5-6,11-12,14H,4,7-10,13H2,1-3H3,(H,22,26)(H,23,27)/b21-12-/t14-/m1/s1. The van der Waals surface area contributed by atoms with Crippen molar-refractivity contribution in [3.8, 4) is 11.5 Å². The molecule has 1 aliphatic rings. The van der Waals surface area contributed by atoms with E-state index in [-0.39, 0.29) is 18.6 Å². The van der Waals surface area contributed by atoms with Crippen LogP contribution in [0.1, 0.15) is 25.8 Å². The molecule has 0 bridgehead atoms. The van der Waals surface area contributed by atoms with E-state index >= 15 is 0 Å². The van der Waals surface area contributed by atoms with Crippen molar-refractivity contribution in [2.45, 2.75) is 26.3 Å². The SMILES string of the molecule is CC[C@@H](C)NC(=O)C(=O)N/N=C\c1ccc(OCC(=O)N2CCOCC2)c(OC)c1. The first kappa shape index (κ1) is 23.1. The van der Waals surface area contributed by atoms with Crippen molar-refractivity contribution in [1.29, 1.82) is 0 Å². The molecule has 0 aromatic heterocycles. The van der Waals surface area contributed by atoms with Gasteiger partial charge in [-0.3, -0.25) is 14.4 Å². The Bertz CT molecular complexity index is 777. The summed E-state index contributed by atoms with van der Waals surface area (Å²) in [4.78, 5) is 37.3. The van der Waals surface area contributed by atoms with Crippen LogP contribution in [-0.4, -0.2) is 74.9 Å². The summed E-state index contributed by atoms with van der Waals surface area (Å²) in [5.41, 5.74) is 2.79. The van der Waals surface area contributed by atoms with Crippen LogP contribution in [0.2, 0.25) is 0 Å². The molecule has 2 rings (SSSR count). The van der Waals surface area contributed by atoms with E-state index in [0.717, 1.165) is 0 Å². The van der Waals surface area contributed by atoms with E-state index in [1.807, 2.05) is 6.92 Å². The van der Waals surface area contributed by atoms with Crippen LogP contribution < -0.4 is 20.2 Å². The average Bonchev–Trinajstić information content (AvgIpc) is 2.78. The number of nitrogens with one attached hydrogen (secondary N) is 2. The van der Waals surface area contributed by atoms with Crippen molar-refractivity contribution < 1.29 is 28.6 Å². The molecule has 1 aromatic rings. The van der Waals surface area contributed by atoms with Gasteiger partial charge in [-0.2, -0.15) is 5.10 Å². The van der Waals surface area contributed by atoms with Gasteiger partial charge in [0.25, 0.3) is 5.91 Å². The lowest BCUT2D eigenvalue weighted by Crippen LogP contribution is -2.43. The topological polar surface area (TPSA) is 119 Å². The van der Waals surface area contributed by atoms with Crippen molar-refractivity contribution in [3.63, 3.8) is 0 Å². The molecule has 164 valence electrons. The normalized spacial score (nSPS) is 14.8. The summed E-state index contributed by atoms with van der Waals surface area (Å²) in [5, 5.41) is 6.33. The Morgan fingerprint density at radius 2 is 1.97 bits per heavy atom. The molecule has 10 heteroatoms. The number of amides is 3. The van der Waals surface area contributed by atoms with Gasteiger partial charge in [0.15, 0.2) is 18.1 Å². The Labute approximate surface area is 175 Å². The summed E-state index contributed by atoms with van der Waals surface area (Å²) in [6.45, 7) is 5.76. The third-order valence-corrected chi connectivity index (χ3v) is 4.48. The molecule has 1 heterocycles. The van der Waals surface area contributed by atoms with Gasteiger partial charge in [-0.1, -0.05) is 6.92 Å². The summed E-state index contributed by atoms with van der Waals surface area (Å²) in [7, 11) is 1.48. The predicted octanol–water partition coefficient (Wildman–Crippen LogP) is 0.298. The van der Waals surface area contributed by atoms with E-state index in [0.29, 0.717) is 49.8 Å². The predicted molar refractivity (Wildman–Crippen MR) is 110 cm³/mol. The minimum absolute atomic E-state index is 0.0980. The second kappa shape index (κ2) is 11.8. The van der Waals surface area contributed by atoms with Crippen LogP contribution in [0.15, 0.2) is 23.3 Å². The highest BCUT2D eigenvalue weighted by Gasteiger charge is 2.18. The fourth-order valence-electron chi connectivity index (χ4n) is 2.53. The first-order chi connectivity index (χ1) is 14.4. The highest BCUT2D eigenvalue weighted by atomic mass is 16.5. The van der Waals surface area contributed by atoms with Gasteiger partial charge in [-0.15, -0.1) is 0 Å². The Balaban J connectivity index is 1.89. The Kier molecular flexibility index (Phi) is 9.07. The van der Waals surface area contributed by atoms with Gasteiger partial charge < -0.3 is 24.4 Å². The molecule has 0 saturated carbocycles. The second-order valence-electron chi connectivity index (χ2n) is 6.67. The lowest BCUT2D eigenvalue weighted by Gasteiger charge is -2.26. The summed E-state index contributed by atoms with van der Waals surface area (Å²) in [6.07, 6.45) is 2.09. The number of benzene rings is 1. The van der Waals surface area contributed by atoms with Gasteiger partial charge in [-0.25, -0.2) is 5.43 Å². The first-order valence-corrected chi connectivity index (χ1v) is 9.74. The zero-order valence-electron chi connectivity index (χ0n) is 17.5. The average molecular weight is 420 g/mol. The summed E-state index contributed by atoms with van der Waals surface area (Å²) in [6, 6.07) is 4.87. The second-order valence-corrected chi connectivity index (χ2v) is 6.67. The number of hydrazone groups is 1. The molecule has 30 heavy (non-hydrogen) atoms. The highest BCUT2D eigenvalue weighted by Crippen LogP contribution is 2.27. The molecule has 3 amide bonds. The van der Waals surface area contributed by atoms with Gasteiger partial charge in [-0.05, 0) is 37.1 Å². The first-order valence-electron chi connectivity index (χ1n) is 9.74. The number of ether oxygens (including phenoxy) is 3. The number of carbonyl (C=O) groups is 3. The fraction of sp³-hybridized carbons (Fsp3) is 0.500. The third kappa shape index (κ3) is 7.03. The Morgan fingerprint density at radius 1 is 1.23 bits per heavy atom. The molecule has 0 unspecified atom stereocenters. The molecule has 1 saturated heterocycles. The quantitative estimate of drug-likeness (QED) is 0.355. The number of rotatable bonds is 8. The molecule has 0 spiro atoms. The maximum absolute atomic E-state index is 12.2. The minimum atomic E-state index is -0.847. The van der Waals surface area contributed by atoms with E-state index in [2.05, 4.69) is 15.8 Å². The summed E-state index contributed by atoms with van der Waals surface area (Å²) < 4.78 is 16.1. The van der Waals surface area contributed by atoms with Crippen molar-refractivity contribution in [2.75, 3.05) is 40.0 Å².